The maximum Gasteiger partial charge on any atom is 0.243 e. The summed E-state index contributed by atoms with van der Waals surface area (Å²) < 4.78 is 52.6. The van der Waals surface area contributed by atoms with E-state index < -0.39 is 26.0 Å². The summed E-state index contributed by atoms with van der Waals surface area (Å²) in [5, 5.41) is 2.79. The standard InChI is InChI=1S/C19H30N4O5S2/c1-3-29(25,26)23-10-4-5-16(15-23)19(24)20-17-6-8-18(9-7-17)30(27,28)22-13-11-21(2)12-14-22/h6-9,16H,3-5,10-15H2,1-2H3,(H,20,24)/t16-/m0/s1. The van der Waals surface area contributed by atoms with E-state index in [1.165, 1.54) is 20.7 Å². The van der Waals surface area contributed by atoms with Crippen molar-refractivity contribution >= 4 is 31.6 Å². The Kier molecular flexibility index (Phi) is 7.18. The molecule has 0 unspecified atom stereocenters. The molecule has 1 amide bonds. The third kappa shape index (κ3) is 5.20. The van der Waals surface area contributed by atoms with Crippen molar-refractivity contribution in [2.45, 2.75) is 24.7 Å². The predicted molar refractivity (Wildman–Crippen MR) is 115 cm³/mol. The molecule has 2 heterocycles. The van der Waals surface area contributed by atoms with Crippen molar-refractivity contribution in [2.75, 3.05) is 57.4 Å². The van der Waals surface area contributed by atoms with Crippen LogP contribution in [-0.4, -0.2) is 88.3 Å². The van der Waals surface area contributed by atoms with Gasteiger partial charge in [0.15, 0.2) is 0 Å². The van der Waals surface area contributed by atoms with Gasteiger partial charge >= 0.3 is 0 Å². The van der Waals surface area contributed by atoms with Gasteiger partial charge in [0.25, 0.3) is 0 Å². The molecule has 0 aliphatic carbocycles. The third-order valence-corrected chi connectivity index (χ3v) is 9.50. The number of piperidine rings is 1. The summed E-state index contributed by atoms with van der Waals surface area (Å²) in [4.78, 5) is 14.9. The summed E-state index contributed by atoms with van der Waals surface area (Å²) in [6, 6.07) is 6.14. The minimum absolute atomic E-state index is 0.0184. The Morgan fingerprint density at radius 1 is 1.00 bits per heavy atom. The first kappa shape index (κ1) is 23.1. The molecule has 0 radical (unpaired) electrons. The lowest BCUT2D eigenvalue weighted by Crippen LogP contribution is -2.47. The molecular formula is C19H30N4O5S2. The molecule has 2 aliphatic rings. The van der Waals surface area contributed by atoms with E-state index in [-0.39, 0.29) is 23.1 Å². The molecule has 30 heavy (non-hydrogen) atoms. The van der Waals surface area contributed by atoms with E-state index in [4.69, 9.17) is 0 Å². The van der Waals surface area contributed by atoms with E-state index in [9.17, 15) is 21.6 Å². The van der Waals surface area contributed by atoms with Crippen molar-refractivity contribution in [1.82, 2.24) is 13.5 Å². The average Bonchev–Trinajstić information content (AvgIpc) is 2.74. The zero-order chi connectivity index (χ0) is 21.9. The van der Waals surface area contributed by atoms with E-state index in [1.807, 2.05) is 7.05 Å². The van der Waals surface area contributed by atoms with Crippen molar-refractivity contribution in [1.29, 1.82) is 0 Å². The molecule has 0 aromatic heterocycles. The molecule has 0 bridgehead atoms. The van der Waals surface area contributed by atoms with Crippen molar-refractivity contribution in [3.63, 3.8) is 0 Å². The molecule has 3 rings (SSSR count). The molecule has 1 aromatic rings. The summed E-state index contributed by atoms with van der Waals surface area (Å²) in [6.07, 6.45) is 1.26. The molecule has 1 atom stereocenters. The number of benzene rings is 1. The van der Waals surface area contributed by atoms with Crippen molar-refractivity contribution < 1.29 is 21.6 Å². The van der Waals surface area contributed by atoms with E-state index >= 15 is 0 Å². The zero-order valence-corrected chi connectivity index (χ0v) is 19.1. The lowest BCUT2D eigenvalue weighted by Gasteiger charge is -2.31. The number of anilines is 1. The Morgan fingerprint density at radius 3 is 2.23 bits per heavy atom. The van der Waals surface area contributed by atoms with Crippen LogP contribution in [0.5, 0.6) is 0 Å². The molecular weight excluding hydrogens is 428 g/mol. The highest BCUT2D eigenvalue weighted by molar-refractivity contribution is 7.89. The van der Waals surface area contributed by atoms with Gasteiger partial charge in [0.2, 0.25) is 26.0 Å². The highest BCUT2D eigenvalue weighted by Gasteiger charge is 2.32. The monoisotopic (exact) mass is 458 g/mol. The normalized spacial score (nSPS) is 22.7. The van der Waals surface area contributed by atoms with Gasteiger partial charge in [-0.1, -0.05) is 0 Å². The molecule has 1 N–H and O–H groups in total. The number of sulfonamides is 2. The van der Waals surface area contributed by atoms with Gasteiger partial charge in [0, 0.05) is 45.0 Å². The van der Waals surface area contributed by atoms with Gasteiger partial charge in [-0.05, 0) is 51.1 Å². The van der Waals surface area contributed by atoms with Crippen molar-refractivity contribution in [2.24, 2.45) is 5.92 Å². The van der Waals surface area contributed by atoms with Gasteiger partial charge in [-0.3, -0.25) is 4.79 Å². The van der Waals surface area contributed by atoms with E-state index in [0.29, 0.717) is 51.3 Å². The quantitative estimate of drug-likeness (QED) is 0.670. The number of nitrogens with zero attached hydrogens (tertiary/aromatic N) is 3. The lowest BCUT2D eigenvalue weighted by molar-refractivity contribution is -0.120. The highest BCUT2D eigenvalue weighted by atomic mass is 32.2. The number of likely N-dealkylation sites (N-methyl/N-ethyl adjacent to an activating group) is 1. The molecule has 2 fully saturated rings. The summed E-state index contributed by atoms with van der Waals surface area (Å²) in [6.45, 7) is 4.51. The summed E-state index contributed by atoms with van der Waals surface area (Å²) >= 11 is 0. The summed E-state index contributed by atoms with van der Waals surface area (Å²) in [7, 11) is -4.91. The van der Waals surface area contributed by atoms with Gasteiger partial charge < -0.3 is 10.2 Å². The van der Waals surface area contributed by atoms with Crippen LogP contribution in [0.15, 0.2) is 29.2 Å². The van der Waals surface area contributed by atoms with E-state index in [2.05, 4.69) is 10.2 Å². The first-order valence-corrected chi connectivity index (χ1v) is 13.3. The Hall–Kier alpha value is -1.53. The summed E-state index contributed by atoms with van der Waals surface area (Å²) in [5.74, 6) is -0.653. The maximum atomic E-state index is 12.8. The Balaban J connectivity index is 1.63. The first-order valence-electron chi connectivity index (χ1n) is 10.2. The van der Waals surface area contributed by atoms with Gasteiger partial charge in [-0.15, -0.1) is 0 Å². The van der Waals surface area contributed by atoms with Crippen LogP contribution in [0.4, 0.5) is 5.69 Å². The fourth-order valence-electron chi connectivity index (χ4n) is 3.72. The lowest BCUT2D eigenvalue weighted by atomic mass is 9.99. The fraction of sp³-hybridized carbons (Fsp3) is 0.632. The van der Waals surface area contributed by atoms with Gasteiger partial charge in [0.1, 0.15) is 0 Å². The van der Waals surface area contributed by atoms with Gasteiger partial charge in [-0.2, -0.15) is 4.31 Å². The summed E-state index contributed by atoms with van der Waals surface area (Å²) in [5.41, 5.74) is 0.493. The van der Waals surface area contributed by atoms with Gasteiger partial charge in [-0.25, -0.2) is 21.1 Å². The number of piperazine rings is 1. The topological polar surface area (TPSA) is 107 Å². The second-order valence-electron chi connectivity index (χ2n) is 7.82. The molecule has 2 aliphatic heterocycles. The van der Waals surface area contributed by atoms with E-state index in [1.54, 1.807) is 19.1 Å². The second-order valence-corrected chi connectivity index (χ2v) is 12.0. The largest absolute Gasteiger partial charge is 0.326 e. The van der Waals surface area contributed by atoms with Crippen LogP contribution in [0.25, 0.3) is 0 Å². The van der Waals surface area contributed by atoms with Crippen LogP contribution in [-0.2, 0) is 24.8 Å². The van der Waals surface area contributed by atoms with E-state index in [0.717, 1.165) is 0 Å². The first-order chi connectivity index (χ1) is 14.1. The third-order valence-electron chi connectivity index (χ3n) is 5.73. The van der Waals surface area contributed by atoms with Gasteiger partial charge in [0.05, 0.1) is 16.6 Å². The Morgan fingerprint density at radius 2 is 1.63 bits per heavy atom. The van der Waals surface area contributed by atoms with Crippen LogP contribution in [0, 0.1) is 5.92 Å². The minimum atomic E-state index is -3.56. The smallest absolute Gasteiger partial charge is 0.243 e. The highest BCUT2D eigenvalue weighted by Crippen LogP contribution is 2.23. The van der Waals surface area contributed by atoms with Crippen molar-refractivity contribution in [3.8, 4) is 0 Å². The average molecular weight is 459 g/mol. The Bertz CT molecular complexity index is 955. The number of carbonyl (C=O) groups excluding carboxylic acids is 1. The van der Waals surface area contributed by atoms with Crippen LogP contribution < -0.4 is 5.32 Å². The maximum absolute atomic E-state index is 12.8. The predicted octanol–water partition coefficient (Wildman–Crippen LogP) is 0.623. The second kappa shape index (κ2) is 9.31. The van der Waals surface area contributed by atoms with Crippen LogP contribution in [0.2, 0.25) is 0 Å². The molecule has 0 spiro atoms. The van der Waals surface area contributed by atoms with Crippen LogP contribution in [0.3, 0.4) is 0 Å². The molecule has 168 valence electrons. The SMILES string of the molecule is CCS(=O)(=O)N1CCC[C@H](C(=O)Nc2ccc(S(=O)(=O)N3CCN(C)CC3)cc2)C1. The number of carbonyl (C=O) groups is 1. The number of hydrogen-bond acceptors (Lipinski definition) is 6. The molecule has 1 aromatic carbocycles. The van der Waals surface area contributed by atoms with Crippen molar-refractivity contribution in [3.05, 3.63) is 24.3 Å². The molecule has 0 saturated carbocycles. The number of hydrogen-bond donors (Lipinski definition) is 1. The van der Waals surface area contributed by atoms with Crippen LogP contribution in [0.1, 0.15) is 19.8 Å². The number of nitrogens with one attached hydrogen (secondary N) is 1. The molecule has 2 saturated heterocycles. The molecule has 11 heteroatoms. The number of amides is 1. The zero-order valence-electron chi connectivity index (χ0n) is 17.5. The fourth-order valence-corrected chi connectivity index (χ4v) is 6.33. The minimum Gasteiger partial charge on any atom is -0.326 e. The Labute approximate surface area is 179 Å². The number of rotatable bonds is 6. The van der Waals surface area contributed by atoms with Crippen LogP contribution >= 0.6 is 0 Å². The molecule has 9 nitrogen and oxygen atoms in total.